The topological polar surface area (TPSA) is 52.7 Å². The normalized spacial score (nSPS) is 10.9. The molecule has 0 bridgehead atoms. The molecule has 0 unspecified atom stereocenters. The number of amides is 3. The van der Waals surface area contributed by atoms with Gasteiger partial charge in [0, 0.05) is 23.7 Å². The molecule has 0 aliphatic carbocycles. The molecule has 1 N–H and O–H groups in total. The maximum absolute atomic E-state index is 13.6. The Morgan fingerprint density at radius 1 is 1.00 bits per heavy atom. The van der Waals surface area contributed by atoms with Gasteiger partial charge in [0.1, 0.15) is 12.4 Å². The van der Waals surface area contributed by atoms with Crippen molar-refractivity contribution in [2.75, 3.05) is 18.4 Å². The summed E-state index contributed by atoms with van der Waals surface area (Å²) in [5, 5.41) is 5.01. The van der Waals surface area contributed by atoms with Crippen LogP contribution in [-0.4, -0.2) is 34.8 Å². The number of anilines is 1. The third-order valence-electron chi connectivity index (χ3n) is 5.78. The fourth-order valence-corrected chi connectivity index (χ4v) is 4.77. The van der Waals surface area contributed by atoms with Crippen molar-refractivity contribution in [1.29, 1.82) is 0 Å². The van der Waals surface area contributed by atoms with Gasteiger partial charge in [0.25, 0.3) is 0 Å². The third-order valence-corrected chi connectivity index (χ3v) is 6.79. The zero-order chi connectivity index (χ0) is 25.4. The number of hydrogen-bond acceptors (Lipinski definition) is 3. The van der Waals surface area contributed by atoms with Crippen LogP contribution in [0.3, 0.4) is 0 Å². The fraction of sp³-hybridized carbons (Fsp3) is 0.357. The minimum Gasteiger partial charge on any atom is -0.332 e. The lowest BCUT2D eigenvalue weighted by molar-refractivity contribution is -0.133. The summed E-state index contributed by atoms with van der Waals surface area (Å²) in [4.78, 5) is 31.2. The smallest absolute Gasteiger partial charge is 0.322 e. The molecular formula is C28H34FN3O2S. The summed E-state index contributed by atoms with van der Waals surface area (Å²) in [6, 6.07) is 15.6. The van der Waals surface area contributed by atoms with E-state index in [1.54, 1.807) is 33.3 Å². The first kappa shape index (κ1) is 26.4. The van der Waals surface area contributed by atoms with Crippen LogP contribution < -0.4 is 5.32 Å². The molecular weight excluding hydrogens is 461 g/mol. The number of rotatable bonds is 10. The molecule has 3 aromatic rings. The predicted octanol–water partition coefficient (Wildman–Crippen LogP) is 6.48. The molecule has 1 aromatic heterocycles. The Labute approximate surface area is 211 Å². The number of hydrogen-bond donors (Lipinski definition) is 1. The highest BCUT2D eigenvalue weighted by molar-refractivity contribution is 7.10. The molecule has 0 saturated carbocycles. The van der Waals surface area contributed by atoms with E-state index in [1.807, 2.05) is 63.4 Å². The van der Waals surface area contributed by atoms with Crippen LogP contribution in [0.2, 0.25) is 0 Å². The Morgan fingerprint density at radius 3 is 2.34 bits per heavy atom. The second kappa shape index (κ2) is 12.5. The quantitative estimate of drug-likeness (QED) is 0.350. The highest BCUT2D eigenvalue weighted by atomic mass is 32.1. The highest BCUT2D eigenvalue weighted by Gasteiger charge is 2.24. The number of aryl methyl sites for hydroxylation is 2. The number of nitrogens with zero attached hydrogens (tertiary/aromatic N) is 2. The summed E-state index contributed by atoms with van der Waals surface area (Å²) in [5.41, 5.74) is 3.77. The molecule has 7 heteroatoms. The summed E-state index contributed by atoms with van der Waals surface area (Å²) in [7, 11) is 0. The van der Waals surface area contributed by atoms with Crippen molar-refractivity contribution in [3.63, 3.8) is 0 Å². The van der Waals surface area contributed by atoms with E-state index in [9.17, 15) is 14.0 Å². The van der Waals surface area contributed by atoms with Crippen LogP contribution in [-0.2, 0) is 24.3 Å². The van der Waals surface area contributed by atoms with Crippen LogP contribution in [0.15, 0.2) is 60.0 Å². The average molecular weight is 496 g/mol. The number of nitrogens with one attached hydrogen (secondary N) is 1. The van der Waals surface area contributed by atoms with Crippen molar-refractivity contribution in [2.24, 2.45) is 5.92 Å². The van der Waals surface area contributed by atoms with Gasteiger partial charge in [-0.3, -0.25) is 4.79 Å². The third kappa shape index (κ3) is 7.65. The van der Waals surface area contributed by atoms with Gasteiger partial charge in [-0.2, -0.15) is 0 Å². The van der Waals surface area contributed by atoms with Crippen LogP contribution in [0.4, 0.5) is 14.9 Å². The van der Waals surface area contributed by atoms with Crippen molar-refractivity contribution in [3.8, 4) is 0 Å². The zero-order valence-electron chi connectivity index (χ0n) is 20.9. The van der Waals surface area contributed by atoms with Crippen molar-refractivity contribution in [2.45, 2.75) is 47.2 Å². The fourth-order valence-electron chi connectivity index (χ4n) is 3.85. The van der Waals surface area contributed by atoms with Crippen LogP contribution in [0.5, 0.6) is 0 Å². The Kier molecular flexibility index (Phi) is 9.43. The van der Waals surface area contributed by atoms with Gasteiger partial charge in [-0.1, -0.05) is 51.1 Å². The molecule has 0 saturated heterocycles. The average Bonchev–Trinajstić information content (AvgIpc) is 3.23. The van der Waals surface area contributed by atoms with Crippen molar-refractivity contribution in [3.05, 3.63) is 87.4 Å². The molecule has 3 amide bonds. The van der Waals surface area contributed by atoms with E-state index in [4.69, 9.17) is 0 Å². The first-order chi connectivity index (χ1) is 16.8. The lowest BCUT2D eigenvalue weighted by atomic mass is 10.1. The van der Waals surface area contributed by atoms with E-state index in [2.05, 4.69) is 5.32 Å². The molecule has 35 heavy (non-hydrogen) atoms. The molecule has 0 aliphatic rings. The maximum atomic E-state index is 13.6. The summed E-state index contributed by atoms with van der Waals surface area (Å²) < 4.78 is 13.4. The lowest BCUT2D eigenvalue weighted by Crippen LogP contribution is -2.45. The standard InChI is InChI=1S/C28H34FN3O2S/c1-5-23-8-6-7-9-25(23)30-28(34)32(16-20(2)3)19-27(33)31(18-26-21(4)14-15-35-26)17-22-10-12-24(29)13-11-22/h6-15,20H,5,16-19H2,1-4H3,(H,30,34). The van der Waals surface area contributed by atoms with Crippen LogP contribution in [0.25, 0.3) is 0 Å². The van der Waals surface area contributed by atoms with E-state index in [1.165, 1.54) is 12.1 Å². The van der Waals surface area contributed by atoms with E-state index < -0.39 is 0 Å². The van der Waals surface area contributed by atoms with Crippen molar-refractivity contribution < 1.29 is 14.0 Å². The molecule has 1 heterocycles. The summed E-state index contributed by atoms with van der Waals surface area (Å²) >= 11 is 1.60. The molecule has 5 nitrogen and oxygen atoms in total. The molecule has 0 radical (unpaired) electrons. The molecule has 0 aliphatic heterocycles. The zero-order valence-corrected chi connectivity index (χ0v) is 21.7. The van der Waals surface area contributed by atoms with Crippen molar-refractivity contribution in [1.82, 2.24) is 9.80 Å². The SMILES string of the molecule is CCc1ccccc1NC(=O)N(CC(=O)N(Cc1ccc(F)cc1)Cc1sccc1C)CC(C)C. The molecule has 3 rings (SSSR count). The van der Waals surface area contributed by atoms with Crippen molar-refractivity contribution >= 4 is 29.0 Å². The van der Waals surface area contributed by atoms with Gasteiger partial charge >= 0.3 is 6.03 Å². The minimum atomic E-state index is -0.312. The van der Waals surface area contributed by atoms with Gasteiger partial charge < -0.3 is 15.1 Å². The first-order valence-corrected chi connectivity index (χ1v) is 12.8. The molecule has 2 aromatic carbocycles. The number of carbonyl (C=O) groups excluding carboxylic acids is 2. The van der Waals surface area contributed by atoms with Crippen LogP contribution in [0.1, 0.15) is 42.3 Å². The van der Waals surface area contributed by atoms with E-state index >= 15 is 0 Å². The van der Waals surface area contributed by atoms with Crippen LogP contribution >= 0.6 is 11.3 Å². The second-order valence-corrected chi connectivity index (χ2v) is 10.1. The Balaban J connectivity index is 1.80. The number of halogens is 1. The van der Waals surface area contributed by atoms with Gasteiger partial charge in [-0.25, -0.2) is 9.18 Å². The van der Waals surface area contributed by atoms with Crippen LogP contribution in [0, 0.1) is 18.7 Å². The summed E-state index contributed by atoms with van der Waals surface area (Å²) in [5.74, 6) is -0.269. The Morgan fingerprint density at radius 2 is 1.71 bits per heavy atom. The predicted molar refractivity (Wildman–Crippen MR) is 141 cm³/mol. The molecule has 186 valence electrons. The van der Waals surface area contributed by atoms with Gasteiger partial charge in [0.2, 0.25) is 5.91 Å². The van der Waals surface area contributed by atoms with Gasteiger partial charge in [-0.15, -0.1) is 11.3 Å². The second-order valence-electron chi connectivity index (χ2n) is 9.12. The van der Waals surface area contributed by atoms with Gasteiger partial charge in [0.15, 0.2) is 0 Å². The van der Waals surface area contributed by atoms with E-state index in [0.717, 1.165) is 33.7 Å². The lowest BCUT2D eigenvalue weighted by Gasteiger charge is -2.29. The van der Waals surface area contributed by atoms with E-state index in [-0.39, 0.29) is 30.2 Å². The Hall–Kier alpha value is -3.19. The number of para-hydroxylation sites is 1. The minimum absolute atomic E-state index is 0.0378. The highest BCUT2D eigenvalue weighted by Crippen LogP contribution is 2.21. The molecule has 0 fully saturated rings. The first-order valence-electron chi connectivity index (χ1n) is 12.0. The Bertz CT molecular complexity index is 1130. The van der Waals surface area contributed by atoms with Gasteiger partial charge in [0.05, 0.1) is 6.54 Å². The largest absolute Gasteiger partial charge is 0.332 e. The number of carbonyl (C=O) groups is 2. The number of benzene rings is 2. The maximum Gasteiger partial charge on any atom is 0.322 e. The molecule has 0 atom stereocenters. The molecule has 0 spiro atoms. The number of thiophene rings is 1. The number of urea groups is 1. The van der Waals surface area contributed by atoms with E-state index in [0.29, 0.717) is 19.6 Å². The van der Waals surface area contributed by atoms with Gasteiger partial charge in [-0.05, 0) is 65.6 Å². The monoisotopic (exact) mass is 495 g/mol. The summed E-state index contributed by atoms with van der Waals surface area (Å²) in [6.07, 6.45) is 0.797. The summed E-state index contributed by atoms with van der Waals surface area (Å²) in [6.45, 7) is 9.31.